The number of nitrogens with one attached hydrogen (secondary N) is 1. The summed E-state index contributed by atoms with van der Waals surface area (Å²) in [6.07, 6.45) is -1.26. The summed E-state index contributed by atoms with van der Waals surface area (Å²) in [7, 11) is 0. The van der Waals surface area contributed by atoms with Crippen molar-refractivity contribution in [3.8, 4) is 0 Å². The standard InChI is InChI=1S/C19H18F3NO3/c1-10(2)12-4-6-13(7-5-12)19(25)26-11(3)18(24)23-15-9-8-14(20)16(21)17(15)22/h4-11H,1-3H3,(H,23,24)/t11-/m0/s1. The first-order valence-electron chi connectivity index (χ1n) is 7.96. The van der Waals surface area contributed by atoms with Gasteiger partial charge in [0.05, 0.1) is 11.3 Å². The largest absolute Gasteiger partial charge is 0.449 e. The molecule has 4 nitrogen and oxygen atoms in total. The minimum atomic E-state index is -1.70. The molecular formula is C19H18F3NO3. The molecule has 0 saturated heterocycles. The predicted molar refractivity (Wildman–Crippen MR) is 90.4 cm³/mol. The zero-order valence-electron chi connectivity index (χ0n) is 14.5. The third-order valence-corrected chi connectivity index (χ3v) is 3.76. The van der Waals surface area contributed by atoms with Crippen molar-refractivity contribution >= 4 is 17.6 Å². The van der Waals surface area contributed by atoms with Crippen LogP contribution in [-0.4, -0.2) is 18.0 Å². The molecule has 26 heavy (non-hydrogen) atoms. The molecule has 0 bridgehead atoms. The van der Waals surface area contributed by atoms with E-state index in [1.807, 2.05) is 13.8 Å². The van der Waals surface area contributed by atoms with E-state index in [9.17, 15) is 22.8 Å². The second kappa shape index (κ2) is 8.03. The summed E-state index contributed by atoms with van der Waals surface area (Å²) in [6, 6.07) is 8.28. The summed E-state index contributed by atoms with van der Waals surface area (Å²) in [4.78, 5) is 24.1. The lowest BCUT2D eigenvalue weighted by Crippen LogP contribution is -2.30. The number of benzene rings is 2. The van der Waals surface area contributed by atoms with Crippen molar-refractivity contribution in [3.05, 3.63) is 65.0 Å². The Bertz CT molecular complexity index is 820. The van der Waals surface area contributed by atoms with Gasteiger partial charge in [0.1, 0.15) is 0 Å². The van der Waals surface area contributed by atoms with Gasteiger partial charge in [-0.3, -0.25) is 4.79 Å². The van der Waals surface area contributed by atoms with Gasteiger partial charge in [-0.05, 0) is 42.7 Å². The van der Waals surface area contributed by atoms with Crippen LogP contribution in [0.5, 0.6) is 0 Å². The van der Waals surface area contributed by atoms with Gasteiger partial charge in [-0.15, -0.1) is 0 Å². The Morgan fingerprint density at radius 2 is 1.54 bits per heavy atom. The van der Waals surface area contributed by atoms with Crippen molar-refractivity contribution in [2.45, 2.75) is 32.8 Å². The molecule has 2 aromatic rings. The number of carbonyl (C=O) groups excluding carboxylic acids is 2. The molecule has 1 amide bonds. The molecule has 0 aromatic heterocycles. The van der Waals surface area contributed by atoms with Crippen molar-refractivity contribution < 1.29 is 27.5 Å². The van der Waals surface area contributed by atoms with Gasteiger partial charge in [-0.2, -0.15) is 0 Å². The summed E-state index contributed by atoms with van der Waals surface area (Å²) >= 11 is 0. The van der Waals surface area contributed by atoms with Gasteiger partial charge < -0.3 is 10.1 Å². The van der Waals surface area contributed by atoms with Crippen LogP contribution in [0.25, 0.3) is 0 Å². The second-order valence-corrected chi connectivity index (χ2v) is 6.04. The number of hydrogen-bond donors (Lipinski definition) is 1. The van der Waals surface area contributed by atoms with E-state index in [4.69, 9.17) is 4.74 Å². The maximum absolute atomic E-state index is 13.6. The third-order valence-electron chi connectivity index (χ3n) is 3.76. The first-order valence-corrected chi connectivity index (χ1v) is 7.96. The van der Waals surface area contributed by atoms with E-state index in [1.165, 1.54) is 6.92 Å². The Morgan fingerprint density at radius 3 is 2.12 bits per heavy atom. The van der Waals surface area contributed by atoms with Crippen LogP contribution >= 0.6 is 0 Å². The Kier molecular flexibility index (Phi) is 6.02. The highest BCUT2D eigenvalue weighted by atomic mass is 19.2. The van der Waals surface area contributed by atoms with Crippen LogP contribution < -0.4 is 5.32 Å². The maximum atomic E-state index is 13.6. The van der Waals surface area contributed by atoms with E-state index >= 15 is 0 Å². The van der Waals surface area contributed by atoms with Crippen molar-refractivity contribution in [1.82, 2.24) is 0 Å². The summed E-state index contributed by atoms with van der Waals surface area (Å²) in [5, 5.41) is 2.06. The third kappa shape index (κ3) is 4.41. The van der Waals surface area contributed by atoms with E-state index < -0.39 is 41.1 Å². The molecule has 1 atom stereocenters. The number of rotatable bonds is 5. The molecule has 2 rings (SSSR count). The molecule has 0 fully saturated rings. The molecule has 0 aliphatic heterocycles. The molecule has 2 aromatic carbocycles. The number of amides is 1. The van der Waals surface area contributed by atoms with E-state index in [0.29, 0.717) is 12.0 Å². The molecule has 0 aliphatic rings. The van der Waals surface area contributed by atoms with Crippen LogP contribution in [0.2, 0.25) is 0 Å². The summed E-state index contributed by atoms with van der Waals surface area (Å²) in [5.74, 6) is -5.89. The van der Waals surface area contributed by atoms with Gasteiger partial charge in [-0.1, -0.05) is 26.0 Å². The highest BCUT2D eigenvalue weighted by Gasteiger charge is 2.22. The van der Waals surface area contributed by atoms with Gasteiger partial charge in [0.2, 0.25) is 0 Å². The topological polar surface area (TPSA) is 55.4 Å². The molecule has 7 heteroatoms. The number of ether oxygens (including phenoxy) is 1. The molecular weight excluding hydrogens is 347 g/mol. The van der Waals surface area contributed by atoms with Crippen LogP contribution in [-0.2, 0) is 9.53 Å². The minimum Gasteiger partial charge on any atom is -0.449 e. The maximum Gasteiger partial charge on any atom is 0.338 e. The number of hydrogen-bond acceptors (Lipinski definition) is 3. The number of carbonyl (C=O) groups is 2. The van der Waals surface area contributed by atoms with Crippen LogP contribution in [0, 0.1) is 17.5 Å². The number of esters is 1. The highest BCUT2D eigenvalue weighted by Crippen LogP contribution is 2.20. The normalized spacial score (nSPS) is 12.0. The SMILES string of the molecule is CC(C)c1ccc(C(=O)O[C@@H](C)C(=O)Nc2ccc(F)c(F)c2F)cc1. The van der Waals surface area contributed by atoms with Crippen molar-refractivity contribution in [1.29, 1.82) is 0 Å². The lowest BCUT2D eigenvalue weighted by molar-refractivity contribution is -0.123. The molecule has 138 valence electrons. The Morgan fingerprint density at radius 1 is 0.923 bits per heavy atom. The van der Waals surface area contributed by atoms with Crippen LogP contribution in [0.15, 0.2) is 36.4 Å². The monoisotopic (exact) mass is 365 g/mol. The minimum absolute atomic E-state index is 0.257. The molecule has 0 spiro atoms. The van der Waals surface area contributed by atoms with Crippen molar-refractivity contribution in [2.75, 3.05) is 5.32 Å². The van der Waals surface area contributed by atoms with E-state index in [1.54, 1.807) is 24.3 Å². The van der Waals surface area contributed by atoms with Crippen molar-refractivity contribution in [3.63, 3.8) is 0 Å². The van der Waals surface area contributed by atoms with Gasteiger partial charge in [0.15, 0.2) is 23.6 Å². The lowest BCUT2D eigenvalue weighted by Gasteiger charge is -2.14. The molecule has 0 aliphatic carbocycles. The van der Waals surface area contributed by atoms with E-state index in [-0.39, 0.29) is 5.56 Å². The van der Waals surface area contributed by atoms with Gasteiger partial charge >= 0.3 is 5.97 Å². The average Bonchev–Trinajstić information content (AvgIpc) is 2.62. The molecule has 0 heterocycles. The van der Waals surface area contributed by atoms with Crippen LogP contribution in [0.3, 0.4) is 0 Å². The fraction of sp³-hybridized carbons (Fsp3) is 0.263. The lowest BCUT2D eigenvalue weighted by atomic mass is 10.0. The molecule has 0 saturated carbocycles. The van der Waals surface area contributed by atoms with Crippen LogP contribution in [0.1, 0.15) is 42.6 Å². The average molecular weight is 365 g/mol. The van der Waals surface area contributed by atoms with E-state index in [2.05, 4.69) is 5.32 Å². The van der Waals surface area contributed by atoms with Crippen molar-refractivity contribution in [2.24, 2.45) is 0 Å². The first-order chi connectivity index (χ1) is 12.2. The Hall–Kier alpha value is -2.83. The molecule has 1 N–H and O–H groups in total. The first kappa shape index (κ1) is 19.5. The zero-order chi connectivity index (χ0) is 19.4. The fourth-order valence-corrected chi connectivity index (χ4v) is 2.14. The second-order valence-electron chi connectivity index (χ2n) is 6.04. The molecule has 0 unspecified atom stereocenters. The smallest absolute Gasteiger partial charge is 0.338 e. The van der Waals surface area contributed by atoms with E-state index in [0.717, 1.165) is 11.6 Å². The highest BCUT2D eigenvalue weighted by molar-refractivity contribution is 5.97. The summed E-state index contributed by atoms with van der Waals surface area (Å²) in [6.45, 7) is 5.31. The van der Waals surface area contributed by atoms with Gasteiger partial charge in [-0.25, -0.2) is 18.0 Å². The number of anilines is 1. The predicted octanol–water partition coefficient (Wildman–Crippen LogP) is 4.41. The molecule has 0 radical (unpaired) electrons. The summed E-state index contributed by atoms with van der Waals surface area (Å²) < 4.78 is 44.7. The Balaban J connectivity index is 2.02. The van der Waals surface area contributed by atoms with Gasteiger partial charge in [0.25, 0.3) is 5.91 Å². The quantitative estimate of drug-likeness (QED) is 0.631. The zero-order valence-corrected chi connectivity index (χ0v) is 14.5. The Labute approximate surface area is 149 Å². The van der Waals surface area contributed by atoms with Crippen LogP contribution in [0.4, 0.5) is 18.9 Å². The van der Waals surface area contributed by atoms with Gasteiger partial charge in [0, 0.05) is 0 Å². The fourth-order valence-electron chi connectivity index (χ4n) is 2.14. The summed E-state index contributed by atoms with van der Waals surface area (Å²) in [5.41, 5.74) is 0.757. The number of halogens is 3.